The molecule has 1 heterocycles. The van der Waals surface area contributed by atoms with Gasteiger partial charge in [0.15, 0.2) is 0 Å². The van der Waals surface area contributed by atoms with Crippen LogP contribution in [-0.2, 0) is 0 Å². The molecular weight excluding hydrogens is 214 g/mol. The van der Waals surface area contributed by atoms with E-state index in [0.29, 0.717) is 12.2 Å². The van der Waals surface area contributed by atoms with Crippen LogP contribution in [0.4, 0.5) is 5.69 Å². The summed E-state index contributed by atoms with van der Waals surface area (Å²) in [5.41, 5.74) is 1.16. The van der Waals surface area contributed by atoms with Gasteiger partial charge in [-0.15, -0.1) is 0 Å². The van der Waals surface area contributed by atoms with Gasteiger partial charge in [-0.1, -0.05) is 0 Å². The average molecular weight is 231 g/mol. The summed E-state index contributed by atoms with van der Waals surface area (Å²) in [4.78, 5) is 4.63. The van der Waals surface area contributed by atoms with Crippen molar-refractivity contribution in [1.29, 1.82) is 5.26 Å². The minimum absolute atomic E-state index is 0.307. The molecule has 0 bridgehead atoms. The van der Waals surface area contributed by atoms with E-state index in [9.17, 15) is 5.11 Å². The number of phenolic OH excluding ortho intramolecular Hbond substituents is 1. The highest BCUT2D eigenvalue weighted by atomic mass is 16.3. The third-order valence-electron chi connectivity index (χ3n) is 3.13. The molecule has 0 radical (unpaired) electrons. The van der Waals surface area contributed by atoms with Crippen LogP contribution in [0.3, 0.4) is 0 Å². The van der Waals surface area contributed by atoms with Crippen molar-refractivity contribution in [2.24, 2.45) is 0 Å². The van der Waals surface area contributed by atoms with Gasteiger partial charge in [-0.2, -0.15) is 5.26 Å². The largest absolute Gasteiger partial charge is 0.508 e. The molecule has 0 saturated carbocycles. The summed E-state index contributed by atoms with van der Waals surface area (Å²) in [5, 5.41) is 17.8. The van der Waals surface area contributed by atoms with Crippen LogP contribution in [-0.4, -0.2) is 42.7 Å². The van der Waals surface area contributed by atoms with Crippen LogP contribution in [0, 0.1) is 11.3 Å². The van der Waals surface area contributed by atoms with Crippen molar-refractivity contribution in [2.45, 2.75) is 6.42 Å². The standard InChI is InChI=1S/C13H17N3O/c14-6-1-7-15-8-10-16(11-9-15)12-2-4-13(17)5-3-12/h2-5,17H,1,7-11H2. The molecule has 0 aromatic heterocycles. The summed E-state index contributed by atoms with van der Waals surface area (Å²) in [6.45, 7) is 4.84. The zero-order chi connectivity index (χ0) is 12.1. The zero-order valence-corrected chi connectivity index (χ0v) is 9.84. The Morgan fingerprint density at radius 1 is 1.12 bits per heavy atom. The van der Waals surface area contributed by atoms with Crippen LogP contribution in [0.1, 0.15) is 6.42 Å². The molecule has 0 unspecified atom stereocenters. The van der Waals surface area contributed by atoms with Crippen LogP contribution in [0.15, 0.2) is 24.3 Å². The lowest BCUT2D eigenvalue weighted by molar-refractivity contribution is 0.263. The molecule has 0 amide bonds. The number of phenols is 1. The molecular formula is C13H17N3O. The van der Waals surface area contributed by atoms with Gasteiger partial charge in [0.1, 0.15) is 5.75 Å². The van der Waals surface area contributed by atoms with Gasteiger partial charge in [0.25, 0.3) is 0 Å². The molecule has 17 heavy (non-hydrogen) atoms. The average Bonchev–Trinajstić information content (AvgIpc) is 2.38. The van der Waals surface area contributed by atoms with E-state index < -0.39 is 0 Å². The molecule has 1 aromatic carbocycles. The monoisotopic (exact) mass is 231 g/mol. The number of anilines is 1. The van der Waals surface area contributed by atoms with Crippen molar-refractivity contribution in [3.8, 4) is 11.8 Å². The number of rotatable bonds is 3. The van der Waals surface area contributed by atoms with Crippen LogP contribution in [0.2, 0.25) is 0 Å². The quantitative estimate of drug-likeness (QED) is 0.855. The van der Waals surface area contributed by atoms with Crippen molar-refractivity contribution >= 4 is 5.69 Å². The predicted molar refractivity (Wildman–Crippen MR) is 67.0 cm³/mol. The topological polar surface area (TPSA) is 50.5 Å². The van der Waals surface area contributed by atoms with Crippen LogP contribution >= 0.6 is 0 Å². The zero-order valence-electron chi connectivity index (χ0n) is 9.84. The van der Waals surface area contributed by atoms with Gasteiger partial charge in [-0.25, -0.2) is 0 Å². The molecule has 1 aliphatic heterocycles. The molecule has 4 nitrogen and oxygen atoms in total. The molecule has 0 spiro atoms. The second kappa shape index (κ2) is 5.55. The number of piperazine rings is 1. The molecule has 1 aliphatic rings. The van der Waals surface area contributed by atoms with Gasteiger partial charge in [-0.3, -0.25) is 4.90 Å². The first kappa shape index (κ1) is 11.7. The summed E-state index contributed by atoms with van der Waals surface area (Å²) in [5.74, 6) is 0.307. The molecule has 2 rings (SSSR count). The van der Waals surface area contributed by atoms with Gasteiger partial charge in [0.2, 0.25) is 0 Å². The number of aromatic hydroxyl groups is 1. The van der Waals surface area contributed by atoms with E-state index in [1.54, 1.807) is 12.1 Å². The molecule has 0 aliphatic carbocycles. The predicted octanol–water partition coefficient (Wildman–Crippen LogP) is 1.43. The Labute approximate surface area is 102 Å². The van der Waals surface area contributed by atoms with E-state index >= 15 is 0 Å². The Bertz CT molecular complexity index is 388. The molecule has 0 atom stereocenters. The fourth-order valence-corrected chi connectivity index (χ4v) is 2.10. The lowest BCUT2D eigenvalue weighted by atomic mass is 10.2. The van der Waals surface area contributed by atoms with E-state index in [-0.39, 0.29) is 0 Å². The highest BCUT2D eigenvalue weighted by molar-refractivity contribution is 5.49. The van der Waals surface area contributed by atoms with Gasteiger partial charge in [0.05, 0.1) is 6.07 Å². The molecule has 1 aromatic rings. The van der Waals surface area contributed by atoms with E-state index in [4.69, 9.17) is 5.26 Å². The van der Waals surface area contributed by atoms with Crippen LogP contribution < -0.4 is 4.90 Å². The van der Waals surface area contributed by atoms with E-state index in [1.165, 1.54) is 0 Å². The van der Waals surface area contributed by atoms with Gasteiger partial charge < -0.3 is 10.0 Å². The highest BCUT2D eigenvalue weighted by Crippen LogP contribution is 2.19. The summed E-state index contributed by atoms with van der Waals surface area (Å²) in [6.07, 6.45) is 0.610. The number of nitrogens with zero attached hydrogens (tertiary/aromatic N) is 3. The van der Waals surface area contributed by atoms with Crippen molar-refractivity contribution in [2.75, 3.05) is 37.6 Å². The Kier molecular flexibility index (Phi) is 3.84. The van der Waals surface area contributed by atoms with E-state index in [2.05, 4.69) is 15.9 Å². The fourth-order valence-electron chi connectivity index (χ4n) is 2.10. The maximum absolute atomic E-state index is 9.24. The Hall–Kier alpha value is -1.73. The normalized spacial score (nSPS) is 16.8. The molecule has 1 saturated heterocycles. The van der Waals surface area contributed by atoms with Crippen molar-refractivity contribution < 1.29 is 5.11 Å². The van der Waals surface area contributed by atoms with Gasteiger partial charge >= 0.3 is 0 Å². The Balaban J connectivity index is 1.87. The molecule has 90 valence electrons. The summed E-state index contributed by atoms with van der Waals surface area (Å²) >= 11 is 0. The third-order valence-corrected chi connectivity index (χ3v) is 3.13. The maximum Gasteiger partial charge on any atom is 0.115 e. The van der Waals surface area contributed by atoms with Crippen LogP contribution in [0.25, 0.3) is 0 Å². The highest BCUT2D eigenvalue weighted by Gasteiger charge is 2.16. The lowest BCUT2D eigenvalue weighted by Crippen LogP contribution is -2.46. The second-order valence-electron chi connectivity index (χ2n) is 4.25. The lowest BCUT2D eigenvalue weighted by Gasteiger charge is -2.35. The second-order valence-corrected chi connectivity index (χ2v) is 4.25. The summed E-state index contributed by atoms with van der Waals surface area (Å²) < 4.78 is 0. The first-order valence-corrected chi connectivity index (χ1v) is 5.93. The van der Waals surface area contributed by atoms with Gasteiger partial charge in [-0.05, 0) is 24.3 Å². The van der Waals surface area contributed by atoms with E-state index in [0.717, 1.165) is 38.4 Å². The van der Waals surface area contributed by atoms with Crippen molar-refractivity contribution in [3.63, 3.8) is 0 Å². The molecule has 1 fully saturated rings. The molecule has 1 N–H and O–H groups in total. The number of hydrogen-bond acceptors (Lipinski definition) is 4. The summed E-state index contributed by atoms with van der Waals surface area (Å²) in [7, 11) is 0. The minimum atomic E-state index is 0.307. The minimum Gasteiger partial charge on any atom is -0.508 e. The van der Waals surface area contributed by atoms with Gasteiger partial charge in [0, 0.05) is 44.8 Å². The van der Waals surface area contributed by atoms with Crippen molar-refractivity contribution in [3.05, 3.63) is 24.3 Å². The first-order chi connectivity index (χ1) is 8.29. The fraction of sp³-hybridized carbons (Fsp3) is 0.462. The first-order valence-electron chi connectivity index (χ1n) is 5.93. The summed E-state index contributed by atoms with van der Waals surface area (Å²) in [6, 6.07) is 9.51. The van der Waals surface area contributed by atoms with Crippen LogP contribution in [0.5, 0.6) is 5.75 Å². The SMILES string of the molecule is N#CCCN1CCN(c2ccc(O)cc2)CC1. The number of nitriles is 1. The Morgan fingerprint density at radius 2 is 1.76 bits per heavy atom. The van der Waals surface area contributed by atoms with Crippen molar-refractivity contribution in [1.82, 2.24) is 4.90 Å². The third kappa shape index (κ3) is 3.11. The molecule has 4 heteroatoms. The number of benzene rings is 1. The van der Waals surface area contributed by atoms with E-state index in [1.807, 2.05) is 12.1 Å². The smallest absolute Gasteiger partial charge is 0.115 e. The number of hydrogen-bond donors (Lipinski definition) is 1. The Morgan fingerprint density at radius 3 is 2.35 bits per heavy atom. The maximum atomic E-state index is 9.24.